The molecule has 34 heteroatoms. The number of quaternary nitrogens is 2. The molecule has 2 aromatic rings. The number of carbonyl (C=O) groups is 2. The quantitative estimate of drug-likeness (QED) is 0.0498. The monoisotopic (exact) mass is 942 g/mol. The Labute approximate surface area is 345 Å². The van der Waals surface area contributed by atoms with Crippen molar-refractivity contribution in [1.82, 2.24) is 0 Å². The van der Waals surface area contributed by atoms with Gasteiger partial charge in [0.05, 0.1) is 91.9 Å². The van der Waals surface area contributed by atoms with E-state index in [0.717, 1.165) is 22.9 Å². The summed E-state index contributed by atoms with van der Waals surface area (Å²) in [6.45, 7) is 7.67. The number of hydrogen-bond donors (Lipinski definition) is 2. The van der Waals surface area contributed by atoms with Gasteiger partial charge in [-0.25, -0.2) is 26.4 Å². The van der Waals surface area contributed by atoms with E-state index in [1.807, 2.05) is 0 Å². The molecule has 0 saturated carbocycles. The number of non-ortho nitro benzene ring substituents is 2. The summed E-state index contributed by atoms with van der Waals surface area (Å²) < 4.78 is 74.9. The van der Waals surface area contributed by atoms with Gasteiger partial charge in [-0.05, 0) is 13.8 Å². The number of halogens is 2. The van der Waals surface area contributed by atoms with Crippen molar-refractivity contribution < 1.29 is 84.3 Å². The minimum Gasteiger partial charge on any atom is -0.744 e. The van der Waals surface area contributed by atoms with Crippen molar-refractivity contribution in [3.63, 3.8) is 0 Å². The Morgan fingerprint density at radius 1 is 0.533 bits per heavy atom. The molecular weight excluding hydrogens is 911 g/mol. The van der Waals surface area contributed by atoms with Crippen LogP contribution in [-0.4, -0.2) is 132 Å². The van der Waals surface area contributed by atoms with Gasteiger partial charge in [-0.15, -0.1) is 23.2 Å². The topological polar surface area (TPSA) is 435 Å². The number of nitro benzene ring substituents is 6. The van der Waals surface area contributed by atoms with Crippen molar-refractivity contribution in [3.05, 3.63) is 85.0 Å². The molecule has 2 unspecified atom stereocenters. The fraction of sp³-hybridized carbons (Fsp3) is 0.462. The maximum Gasteiger partial charge on any atom is 0.361 e. The highest BCUT2D eigenvalue weighted by molar-refractivity contribution is 7.86. The van der Waals surface area contributed by atoms with Gasteiger partial charge < -0.3 is 28.4 Å². The van der Waals surface area contributed by atoms with Crippen LogP contribution in [0.5, 0.6) is 0 Å². The van der Waals surface area contributed by atoms with E-state index in [1.54, 1.807) is 13.8 Å². The van der Waals surface area contributed by atoms with Gasteiger partial charge in [0.15, 0.2) is 13.1 Å². The van der Waals surface area contributed by atoms with Gasteiger partial charge in [0.2, 0.25) is 9.79 Å². The standard InChI is InChI=1S/C14H26Cl2N2O4.2C6H3N3O9S/c1-3-21-13(19)11-17(7-5-15)9-10-18(8-6-16)12-14(20)22-4-2;2*10-7(11)3-1-4(8(12)13)6(19(16,17)18)5(2-3)9(14)15/h3-12H2,1-2H3;2*1-2H,(H,16,17,18). The second-order valence-corrected chi connectivity index (χ2v) is 14.3. The van der Waals surface area contributed by atoms with Crippen molar-refractivity contribution in [2.75, 3.05) is 64.2 Å². The lowest BCUT2D eigenvalue weighted by Gasteiger charge is -2.21. The number of carbonyl (C=O) groups excluding carboxylic acids is 2. The van der Waals surface area contributed by atoms with Gasteiger partial charge in [0.1, 0.15) is 33.3 Å². The number of esters is 2. The molecule has 0 amide bonds. The van der Waals surface area contributed by atoms with Crippen molar-refractivity contribution in [1.29, 1.82) is 0 Å². The largest absolute Gasteiger partial charge is 0.744 e. The lowest BCUT2D eigenvalue weighted by Crippen LogP contribution is -3.21. The number of benzene rings is 2. The summed E-state index contributed by atoms with van der Waals surface area (Å²) in [5.41, 5.74) is -8.23. The molecule has 0 aliphatic heterocycles. The van der Waals surface area contributed by atoms with E-state index in [-0.39, 0.29) is 49.3 Å². The molecule has 0 bridgehead atoms. The number of hydrogen-bond acceptors (Lipinski definition) is 22. The molecule has 0 spiro atoms. The number of alkyl halides is 2. The van der Waals surface area contributed by atoms with Crippen LogP contribution in [0.3, 0.4) is 0 Å². The third kappa shape index (κ3) is 17.9. The fourth-order valence-electron chi connectivity index (χ4n) is 4.49. The van der Waals surface area contributed by atoms with Crippen LogP contribution in [-0.2, 0) is 39.3 Å². The zero-order valence-corrected chi connectivity index (χ0v) is 33.8. The van der Waals surface area contributed by atoms with Gasteiger partial charge in [0, 0.05) is 0 Å². The maximum atomic E-state index is 11.6. The van der Waals surface area contributed by atoms with Crippen LogP contribution in [0.4, 0.5) is 34.1 Å². The third-order valence-electron chi connectivity index (χ3n) is 6.90. The Kier molecular flexibility index (Phi) is 22.4. The highest BCUT2D eigenvalue weighted by atomic mass is 35.5. The Bertz CT molecular complexity index is 1960. The molecule has 2 N–H and O–H groups in total. The summed E-state index contributed by atoms with van der Waals surface area (Å²) in [6, 6.07) is 0.658. The van der Waals surface area contributed by atoms with Crippen LogP contribution in [0.2, 0.25) is 0 Å². The van der Waals surface area contributed by atoms with Crippen LogP contribution in [0.1, 0.15) is 13.8 Å². The van der Waals surface area contributed by atoms with Crippen molar-refractivity contribution >= 4 is 89.5 Å². The van der Waals surface area contributed by atoms with Crippen LogP contribution >= 0.6 is 23.2 Å². The average Bonchev–Trinajstić information content (AvgIpc) is 3.12. The second-order valence-electron chi connectivity index (χ2n) is 10.9. The SMILES string of the molecule is CCOC(=O)C[NH+](CCCl)CC[NH+](CCCl)CC(=O)OCC.O=[N+]([O-])c1cc([N+](=O)[O-])c(S(=O)(=O)[O-])c([N+](=O)[O-])c1.O=[N+]([O-])c1cc([N+](=O)[O-])c(S(=O)(=O)[O-])c([N+](=O)[O-])c1. The molecule has 2 atom stereocenters. The molecule has 30 nitrogen and oxygen atoms in total. The maximum absolute atomic E-state index is 11.6. The molecule has 334 valence electrons. The summed E-state index contributed by atoms with van der Waals surface area (Å²) >= 11 is 11.6. The lowest BCUT2D eigenvalue weighted by molar-refractivity contribution is -0.948. The summed E-state index contributed by atoms with van der Waals surface area (Å²) in [4.78, 5) is 76.9. The van der Waals surface area contributed by atoms with Crippen LogP contribution in [0, 0.1) is 60.7 Å². The minimum absolute atomic E-state index is 0.164. The summed E-state index contributed by atoms with van der Waals surface area (Å²) in [6.07, 6.45) is 0. The molecule has 0 saturated heterocycles. The van der Waals surface area contributed by atoms with Crippen molar-refractivity contribution in [3.8, 4) is 0 Å². The summed E-state index contributed by atoms with van der Waals surface area (Å²) in [7, 11) is -11.1. The molecule has 0 aliphatic rings. The van der Waals surface area contributed by atoms with E-state index < -0.39 is 93.7 Å². The zero-order valence-electron chi connectivity index (χ0n) is 30.6. The molecule has 2 aromatic carbocycles. The lowest BCUT2D eigenvalue weighted by atomic mass is 10.2. The van der Waals surface area contributed by atoms with Crippen LogP contribution in [0.15, 0.2) is 34.1 Å². The zero-order chi connectivity index (χ0) is 46.7. The van der Waals surface area contributed by atoms with Crippen molar-refractivity contribution in [2.24, 2.45) is 0 Å². The van der Waals surface area contributed by atoms with Gasteiger partial charge >= 0.3 is 34.7 Å². The van der Waals surface area contributed by atoms with Crippen molar-refractivity contribution in [2.45, 2.75) is 23.6 Å². The summed E-state index contributed by atoms with van der Waals surface area (Å²) in [5, 5.41) is 63.2. The van der Waals surface area contributed by atoms with E-state index in [2.05, 4.69) is 0 Å². The Morgan fingerprint density at radius 3 is 0.950 bits per heavy atom. The molecule has 0 heterocycles. The molecule has 0 aromatic heterocycles. The van der Waals surface area contributed by atoms with Gasteiger partial charge in [-0.3, -0.25) is 60.7 Å². The molecule has 0 radical (unpaired) electrons. The first-order chi connectivity index (χ1) is 27.7. The second kappa shape index (κ2) is 24.9. The minimum atomic E-state index is -5.55. The first-order valence-corrected chi connectivity index (χ1v) is 19.8. The number of ether oxygens (including phenoxy) is 2. The third-order valence-corrected chi connectivity index (χ3v) is 9.12. The Balaban J connectivity index is 0.000000873. The predicted molar refractivity (Wildman–Crippen MR) is 195 cm³/mol. The van der Waals surface area contributed by atoms with E-state index >= 15 is 0 Å². The molecule has 60 heavy (non-hydrogen) atoms. The number of nitrogens with one attached hydrogen (secondary N) is 2. The number of rotatable bonds is 21. The number of nitrogens with zero attached hydrogens (tertiary/aromatic N) is 6. The van der Waals surface area contributed by atoms with E-state index in [0.29, 0.717) is 38.1 Å². The smallest absolute Gasteiger partial charge is 0.361 e. The predicted octanol–water partition coefficient (Wildman–Crippen LogP) is -1.01. The first-order valence-electron chi connectivity index (χ1n) is 15.9. The highest BCUT2D eigenvalue weighted by Gasteiger charge is 2.35. The molecule has 2 rings (SSSR count). The number of nitro groups is 6. The first kappa shape index (κ1) is 54.1. The van der Waals surface area contributed by atoms with E-state index in [1.165, 1.54) is 0 Å². The van der Waals surface area contributed by atoms with E-state index in [4.69, 9.17) is 32.7 Å². The molecular formula is C26H32Cl2N8O22S2. The van der Waals surface area contributed by atoms with E-state index in [9.17, 15) is 96.2 Å². The Morgan fingerprint density at radius 2 is 0.783 bits per heavy atom. The summed E-state index contributed by atoms with van der Waals surface area (Å²) in [5.74, 6) is 0.480. The van der Waals surface area contributed by atoms with Gasteiger partial charge in [-0.1, -0.05) is 0 Å². The normalized spacial score (nSPS) is 11.9. The highest BCUT2D eigenvalue weighted by Crippen LogP contribution is 2.38. The van der Waals surface area contributed by atoms with Crippen LogP contribution < -0.4 is 9.80 Å². The molecule has 0 fully saturated rings. The van der Waals surface area contributed by atoms with Gasteiger partial charge in [0.25, 0.3) is 11.4 Å². The van der Waals surface area contributed by atoms with Gasteiger partial charge in [-0.2, -0.15) is 0 Å². The van der Waals surface area contributed by atoms with Crippen LogP contribution in [0.25, 0.3) is 0 Å². The Hall–Kier alpha value is -5.90. The molecule has 0 aliphatic carbocycles. The average molecular weight is 944 g/mol. The fourth-order valence-corrected chi connectivity index (χ4v) is 6.58.